The summed E-state index contributed by atoms with van der Waals surface area (Å²) in [6.07, 6.45) is 0. The van der Waals surface area contributed by atoms with E-state index in [4.69, 9.17) is 19.9 Å². The maximum Gasteiger partial charge on any atom is 0.301 e. The van der Waals surface area contributed by atoms with E-state index in [0.717, 1.165) is 0 Å². The minimum absolute atomic E-state index is 0.512. The molecule has 1 rings (SSSR count). The van der Waals surface area contributed by atoms with E-state index in [-0.39, 0.29) is 0 Å². The first-order valence-corrected chi connectivity index (χ1v) is 4.49. The number of aromatic hydroxyl groups is 3. The Morgan fingerprint density at radius 1 is 1.00 bits per heavy atom. The molecule has 0 unspecified atom stereocenters. The Labute approximate surface area is 73.4 Å². The first-order chi connectivity index (χ1) is 5.82. The van der Waals surface area contributed by atoms with Gasteiger partial charge in [0, 0.05) is 12.1 Å². The summed E-state index contributed by atoms with van der Waals surface area (Å²) in [6.45, 7) is 0. The van der Waals surface area contributed by atoms with Crippen LogP contribution in [0.4, 0.5) is 0 Å². The molecule has 6 nitrogen and oxygen atoms in total. The highest BCUT2D eigenvalue weighted by Gasteiger charge is 2.21. The molecule has 7 heteroatoms. The molecule has 0 radical (unpaired) electrons. The highest BCUT2D eigenvalue weighted by molar-refractivity contribution is 7.86. The summed E-state index contributed by atoms with van der Waals surface area (Å²) < 4.78 is 29.6. The maximum atomic E-state index is 10.5. The van der Waals surface area contributed by atoms with Crippen LogP contribution in [0.25, 0.3) is 0 Å². The van der Waals surface area contributed by atoms with E-state index in [1.54, 1.807) is 0 Å². The second kappa shape index (κ2) is 2.79. The zero-order chi connectivity index (χ0) is 10.2. The van der Waals surface area contributed by atoms with Crippen molar-refractivity contribution >= 4 is 10.1 Å². The molecule has 0 spiro atoms. The van der Waals surface area contributed by atoms with Gasteiger partial charge in [0.15, 0.2) is 4.90 Å². The molecule has 1 aromatic rings. The zero-order valence-corrected chi connectivity index (χ0v) is 6.98. The lowest BCUT2D eigenvalue weighted by atomic mass is 10.3. The summed E-state index contributed by atoms with van der Waals surface area (Å²) >= 11 is 0. The second-order valence-corrected chi connectivity index (χ2v) is 3.65. The van der Waals surface area contributed by atoms with Crippen LogP contribution in [0.15, 0.2) is 17.0 Å². The molecular weight excluding hydrogens is 200 g/mol. The van der Waals surface area contributed by atoms with Crippen LogP contribution in [-0.2, 0) is 10.1 Å². The van der Waals surface area contributed by atoms with E-state index in [2.05, 4.69) is 0 Å². The summed E-state index contributed by atoms with van der Waals surface area (Å²) in [4.78, 5) is -1.02. The molecule has 0 saturated carbocycles. The summed E-state index contributed by atoms with van der Waals surface area (Å²) in [5, 5.41) is 26.7. The SMILES string of the molecule is O=S(=O)(O)c1c(O)cc(O)cc1O. The standard InChI is InChI=1S/C6H6O6S/c7-3-1-4(8)6(5(9)2-3)13(10,11)12/h1-2,7-9H,(H,10,11,12). The lowest BCUT2D eigenvalue weighted by molar-refractivity contribution is 0.398. The van der Waals surface area contributed by atoms with Crippen LogP contribution < -0.4 is 0 Å². The minimum Gasteiger partial charge on any atom is -0.508 e. The van der Waals surface area contributed by atoms with E-state index in [9.17, 15) is 8.42 Å². The average molecular weight is 206 g/mol. The van der Waals surface area contributed by atoms with Gasteiger partial charge in [-0.3, -0.25) is 4.55 Å². The molecule has 0 atom stereocenters. The van der Waals surface area contributed by atoms with Gasteiger partial charge in [0.05, 0.1) is 0 Å². The van der Waals surface area contributed by atoms with Gasteiger partial charge in [-0.25, -0.2) is 0 Å². The molecule has 0 bridgehead atoms. The number of hydrogen-bond donors (Lipinski definition) is 4. The predicted molar refractivity (Wildman–Crippen MR) is 41.3 cm³/mol. The number of benzene rings is 1. The molecule has 0 heterocycles. The lowest BCUT2D eigenvalue weighted by Gasteiger charge is -2.03. The van der Waals surface area contributed by atoms with Crippen molar-refractivity contribution in [3.63, 3.8) is 0 Å². The summed E-state index contributed by atoms with van der Waals surface area (Å²) in [5.74, 6) is -2.34. The molecule has 0 aliphatic heterocycles. The van der Waals surface area contributed by atoms with E-state index in [0.29, 0.717) is 12.1 Å². The Morgan fingerprint density at radius 3 is 1.69 bits per heavy atom. The fourth-order valence-corrected chi connectivity index (χ4v) is 1.49. The third-order valence-electron chi connectivity index (χ3n) is 1.29. The van der Waals surface area contributed by atoms with Crippen LogP contribution in [0, 0.1) is 0 Å². The van der Waals surface area contributed by atoms with Crippen LogP contribution in [0.1, 0.15) is 0 Å². The van der Waals surface area contributed by atoms with Gasteiger partial charge in [-0.15, -0.1) is 0 Å². The third-order valence-corrected chi connectivity index (χ3v) is 2.23. The summed E-state index contributed by atoms with van der Waals surface area (Å²) in [5.41, 5.74) is 0. The number of phenolic OH excluding ortho intramolecular Hbond substituents is 3. The van der Waals surface area contributed by atoms with E-state index in [1.807, 2.05) is 0 Å². The fraction of sp³-hybridized carbons (Fsp3) is 0. The maximum absolute atomic E-state index is 10.5. The number of rotatable bonds is 1. The Kier molecular flexibility index (Phi) is 2.06. The Hall–Kier alpha value is -1.47. The van der Waals surface area contributed by atoms with Gasteiger partial charge >= 0.3 is 10.1 Å². The smallest absolute Gasteiger partial charge is 0.301 e. The number of hydrogen-bond acceptors (Lipinski definition) is 5. The molecule has 72 valence electrons. The van der Waals surface area contributed by atoms with Crippen molar-refractivity contribution in [3.05, 3.63) is 12.1 Å². The van der Waals surface area contributed by atoms with Crippen molar-refractivity contribution < 1.29 is 28.3 Å². The van der Waals surface area contributed by atoms with E-state index < -0.39 is 32.3 Å². The molecule has 0 amide bonds. The first kappa shape index (κ1) is 9.62. The van der Waals surface area contributed by atoms with Crippen molar-refractivity contribution in [2.45, 2.75) is 4.90 Å². The minimum atomic E-state index is -4.69. The largest absolute Gasteiger partial charge is 0.508 e. The van der Waals surface area contributed by atoms with Crippen LogP contribution in [-0.4, -0.2) is 28.3 Å². The second-order valence-electron chi connectivity index (χ2n) is 2.29. The molecule has 0 aliphatic rings. The van der Waals surface area contributed by atoms with Gasteiger partial charge in [0.2, 0.25) is 0 Å². The molecule has 0 fully saturated rings. The number of phenols is 3. The Balaban J connectivity index is 3.57. The highest BCUT2D eigenvalue weighted by Crippen LogP contribution is 2.35. The fourth-order valence-electron chi connectivity index (χ4n) is 0.848. The van der Waals surface area contributed by atoms with Crippen molar-refractivity contribution in [3.8, 4) is 17.2 Å². The summed E-state index contributed by atoms with van der Waals surface area (Å²) in [6, 6.07) is 1.37. The normalized spacial score (nSPS) is 11.5. The van der Waals surface area contributed by atoms with Crippen LogP contribution in [0.2, 0.25) is 0 Å². The summed E-state index contributed by atoms with van der Waals surface area (Å²) in [7, 11) is -4.69. The Morgan fingerprint density at radius 2 is 1.38 bits per heavy atom. The quantitative estimate of drug-likeness (QED) is 0.482. The average Bonchev–Trinajstić information content (AvgIpc) is 1.78. The Bertz CT molecular complexity index is 411. The van der Waals surface area contributed by atoms with Gasteiger partial charge in [-0.05, 0) is 0 Å². The molecule has 13 heavy (non-hydrogen) atoms. The topological polar surface area (TPSA) is 115 Å². The molecule has 4 N–H and O–H groups in total. The van der Waals surface area contributed by atoms with Crippen LogP contribution in [0.5, 0.6) is 17.2 Å². The molecule has 1 aromatic carbocycles. The van der Waals surface area contributed by atoms with Gasteiger partial charge in [-0.2, -0.15) is 8.42 Å². The first-order valence-electron chi connectivity index (χ1n) is 3.05. The highest BCUT2D eigenvalue weighted by atomic mass is 32.2. The zero-order valence-electron chi connectivity index (χ0n) is 6.17. The van der Waals surface area contributed by atoms with Crippen molar-refractivity contribution in [2.75, 3.05) is 0 Å². The monoisotopic (exact) mass is 206 g/mol. The third kappa shape index (κ3) is 1.82. The van der Waals surface area contributed by atoms with Gasteiger partial charge < -0.3 is 15.3 Å². The van der Waals surface area contributed by atoms with Crippen molar-refractivity contribution in [2.24, 2.45) is 0 Å². The van der Waals surface area contributed by atoms with Crippen molar-refractivity contribution in [1.82, 2.24) is 0 Å². The van der Waals surface area contributed by atoms with Gasteiger partial charge in [0.1, 0.15) is 17.2 Å². The molecule has 0 saturated heterocycles. The molecule has 0 aliphatic carbocycles. The van der Waals surface area contributed by atoms with Crippen molar-refractivity contribution in [1.29, 1.82) is 0 Å². The van der Waals surface area contributed by atoms with Crippen LogP contribution in [0.3, 0.4) is 0 Å². The van der Waals surface area contributed by atoms with Gasteiger partial charge in [-0.1, -0.05) is 0 Å². The predicted octanol–water partition coefficient (Wildman–Crippen LogP) is 0.0501. The van der Waals surface area contributed by atoms with Crippen LogP contribution >= 0.6 is 0 Å². The molecular formula is C6H6O6S. The van der Waals surface area contributed by atoms with E-state index in [1.165, 1.54) is 0 Å². The molecule has 0 aromatic heterocycles. The van der Waals surface area contributed by atoms with E-state index >= 15 is 0 Å². The van der Waals surface area contributed by atoms with Gasteiger partial charge in [0.25, 0.3) is 0 Å². The lowest BCUT2D eigenvalue weighted by Crippen LogP contribution is -1.98.